The molecule has 0 aromatic rings. The van der Waals surface area contributed by atoms with Crippen molar-refractivity contribution in [2.24, 2.45) is 11.8 Å². The van der Waals surface area contributed by atoms with Gasteiger partial charge < -0.3 is 5.32 Å². The number of halogens is 1. The molecule has 0 bridgehead atoms. The van der Waals surface area contributed by atoms with Crippen molar-refractivity contribution < 1.29 is 0 Å². The van der Waals surface area contributed by atoms with Crippen molar-refractivity contribution in [3.8, 4) is 0 Å². The topological polar surface area (TPSA) is 12.0 Å². The maximum atomic E-state index is 3.55. The lowest BCUT2D eigenvalue weighted by molar-refractivity contribution is 0.301. The van der Waals surface area contributed by atoms with Crippen molar-refractivity contribution in [2.45, 2.75) is 32.1 Å². The Morgan fingerprint density at radius 2 is 1.45 bits per heavy atom. The van der Waals surface area contributed by atoms with Crippen molar-refractivity contribution in [2.75, 3.05) is 13.1 Å². The first kappa shape index (κ1) is 9.34. The highest BCUT2D eigenvalue weighted by molar-refractivity contribution is 5.85. The zero-order valence-electron chi connectivity index (χ0n) is 7.01. The zero-order valence-corrected chi connectivity index (χ0v) is 7.83. The Labute approximate surface area is 75.4 Å². The van der Waals surface area contributed by atoms with Crippen molar-refractivity contribution in [3.63, 3.8) is 0 Å². The molecule has 2 fully saturated rings. The third kappa shape index (κ3) is 3.00. The molecule has 66 valence electrons. The van der Waals surface area contributed by atoms with E-state index in [4.69, 9.17) is 0 Å². The molecule has 0 aliphatic heterocycles. The van der Waals surface area contributed by atoms with Crippen molar-refractivity contribution in [1.82, 2.24) is 5.32 Å². The summed E-state index contributed by atoms with van der Waals surface area (Å²) in [6.45, 7) is 2.60. The predicted molar refractivity (Wildman–Crippen MR) is 50.2 cm³/mol. The molecule has 0 saturated heterocycles. The van der Waals surface area contributed by atoms with E-state index in [9.17, 15) is 0 Å². The molecule has 2 rings (SSSR count). The van der Waals surface area contributed by atoms with Gasteiger partial charge in [0, 0.05) is 0 Å². The van der Waals surface area contributed by atoms with Gasteiger partial charge in [-0.1, -0.05) is 6.42 Å². The summed E-state index contributed by atoms with van der Waals surface area (Å²) < 4.78 is 0. The Balaban J connectivity index is 0.000000605. The molecule has 0 aromatic heterocycles. The molecule has 0 amide bonds. The van der Waals surface area contributed by atoms with Crippen LogP contribution in [0.4, 0.5) is 0 Å². The Bertz CT molecular complexity index is 108. The van der Waals surface area contributed by atoms with Gasteiger partial charge in [0.05, 0.1) is 0 Å². The fraction of sp³-hybridized carbons (Fsp3) is 1.00. The van der Waals surface area contributed by atoms with E-state index in [1.54, 1.807) is 0 Å². The molecule has 0 aromatic carbocycles. The van der Waals surface area contributed by atoms with Gasteiger partial charge in [0.2, 0.25) is 0 Å². The van der Waals surface area contributed by atoms with Crippen molar-refractivity contribution in [1.29, 1.82) is 0 Å². The molecule has 0 atom stereocenters. The minimum absolute atomic E-state index is 0. The molecule has 0 spiro atoms. The molecule has 0 radical (unpaired) electrons. The van der Waals surface area contributed by atoms with Gasteiger partial charge in [0.25, 0.3) is 0 Å². The SMILES string of the molecule is C1CC(CNCC2CC2)C1.Cl. The van der Waals surface area contributed by atoms with Gasteiger partial charge in [-0.25, -0.2) is 0 Å². The summed E-state index contributed by atoms with van der Waals surface area (Å²) in [5.41, 5.74) is 0. The van der Waals surface area contributed by atoms with Gasteiger partial charge in [-0.05, 0) is 50.6 Å². The number of rotatable bonds is 4. The minimum Gasteiger partial charge on any atom is -0.316 e. The highest BCUT2D eigenvalue weighted by Gasteiger charge is 2.22. The normalized spacial score (nSPS) is 24.0. The predicted octanol–water partition coefficient (Wildman–Crippen LogP) is 2.21. The number of hydrogen-bond acceptors (Lipinski definition) is 1. The number of hydrogen-bond donors (Lipinski definition) is 1. The lowest BCUT2D eigenvalue weighted by Crippen LogP contribution is -2.28. The molecular weight excluding hydrogens is 158 g/mol. The van der Waals surface area contributed by atoms with E-state index < -0.39 is 0 Å². The van der Waals surface area contributed by atoms with E-state index >= 15 is 0 Å². The first-order valence-electron chi connectivity index (χ1n) is 4.66. The van der Waals surface area contributed by atoms with E-state index in [1.807, 2.05) is 0 Å². The molecule has 1 N–H and O–H groups in total. The van der Waals surface area contributed by atoms with Crippen LogP contribution < -0.4 is 5.32 Å². The summed E-state index contributed by atoms with van der Waals surface area (Å²) in [7, 11) is 0. The van der Waals surface area contributed by atoms with Crippen molar-refractivity contribution in [3.05, 3.63) is 0 Å². The third-order valence-corrected chi connectivity index (χ3v) is 2.79. The largest absolute Gasteiger partial charge is 0.316 e. The van der Waals surface area contributed by atoms with Crippen LogP contribution in [0.2, 0.25) is 0 Å². The fourth-order valence-corrected chi connectivity index (χ4v) is 1.51. The van der Waals surface area contributed by atoms with Gasteiger partial charge in [0.15, 0.2) is 0 Å². The van der Waals surface area contributed by atoms with Crippen LogP contribution >= 0.6 is 12.4 Å². The van der Waals surface area contributed by atoms with E-state index in [0.29, 0.717) is 0 Å². The van der Waals surface area contributed by atoms with Crippen LogP contribution in [0.15, 0.2) is 0 Å². The van der Waals surface area contributed by atoms with Gasteiger partial charge in [-0.3, -0.25) is 0 Å². The molecule has 2 saturated carbocycles. The highest BCUT2D eigenvalue weighted by atomic mass is 35.5. The van der Waals surface area contributed by atoms with E-state index in [2.05, 4.69) is 5.32 Å². The Hall–Kier alpha value is 0.250. The lowest BCUT2D eigenvalue weighted by Gasteiger charge is -2.25. The summed E-state index contributed by atoms with van der Waals surface area (Å²) in [6, 6.07) is 0. The smallest absolute Gasteiger partial charge is 0.00204 e. The summed E-state index contributed by atoms with van der Waals surface area (Å²) in [5, 5.41) is 3.55. The second-order valence-electron chi connectivity index (χ2n) is 3.90. The van der Waals surface area contributed by atoms with Crippen LogP contribution in [0, 0.1) is 11.8 Å². The standard InChI is InChI=1S/C9H17N.ClH/c1-2-8(3-1)6-10-7-9-4-5-9;/h8-10H,1-7H2;1H. The molecule has 2 aliphatic carbocycles. The molecular formula is C9H18ClN. The first-order chi connectivity index (χ1) is 4.95. The monoisotopic (exact) mass is 175 g/mol. The van der Waals surface area contributed by atoms with Gasteiger partial charge >= 0.3 is 0 Å². The lowest BCUT2D eigenvalue weighted by atomic mass is 9.85. The number of nitrogens with one attached hydrogen (secondary N) is 1. The molecule has 2 aliphatic rings. The van der Waals surface area contributed by atoms with E-state index in [-0.39, 0.29) is 12.4 Å². The average molecular weight is 176 g/mol. The fourth-order valence-electron chi connectivity index (χ4n) is 1.51. The maximum Gasteiger partial charge on any atom is -0.00204 e. The maximum absolute atomic E-state index is 3.55. The van der Waals surface area contributed by atoms with Crippen LogP contribution in [0.5, 0.6) is 0 Å². The van der Waals surface area contributed by atoms with Crippen molar-refractivity contribution >= 4 is 12.4 Å². The average Bonchev–Trinajstić information content (AvgIpc) is 2.58. The summed E-state index contributed by atoms with van der Waals surface area (Å²) in [4.78, 5) is 0. The Kier molecular flexibility index (Phi) is 3.67. The molecule has 0 unspecified atom stereocenters. The third-order valence-electron chi connectivity index (χ3n) is 2.79. The van der Waals surface area contributed by atoms with E-state index in [1.165, 1.54) is 45.2 Å². The van der Waals surface area contributed by atoms with Crippen LogP contribution in [-0.2, 0) is 0 Å². The molecule has 1 nitrogen and oxygen atoms in total. The molecule has 0 heterocycles. The van der Waals surface area contributed by atoms with Gasteiger partial charge in [-0.2, -0.15) is 0 Å². The van der Waals surface area contributed by atoms with Gasteiger partial charge in [0.1, 0.15) is 0 Å². The van der Waals surface area contributed by atoms with Crippen LogP contribution in [-0.4, -0.2) is 13.1 Å². The van der Waals surface area contributed by atoms with E-state index in [0.717, 1.165) is 11.8 Å². The minimum atomic E-state index is 0. The summed E-state index contributed by atoms with van der Waals surface area (Å²) in [5.74, 6) is 2.10. The first-order valence-corrected chi connectivity index (χ1v) is 4.66. The quantitative estimate of drug-likeness (QED) is 0.691. The van der Waals surface area contributed by atoms with Crippen LogP contribution in [0.1, 0.15) is 32.1 Å². The highest BCUT2D eigenvalue weighted by Crippen LogP contribution is 2.29. The second kappa shape index (κ2) is 4.32. The molecule has 11 heavy (non-hydrogen) atoms. The Morgan fingerprint density at radius 1 is 0.909 bits per heavy atom. The zero-order chi connectivity index (χ0) is 6.81. The summed E-state index contributed by atoms with van der Waals surface area (Å²) in [6.07, 6.45) is 7.42. The Morgan fingerprint density at radius 3 is 1.82 bits per heavy atom. The van der Waals surface area contributed by atoms with Crippen LogP contribution in [0.25, 0.3) is 0 Å². The molecule has 2 heteroatoms. The van der Waals surface area contributed by atoms with Gasteiger partial charge in [-0.15, -0.1) is 12.4 Å². The van der Waals surface area contributed by atoms with Crippen LogP contribution in [0.3, 0.4) is 0 Å². The second-order valence-corrected chi connectivity index (χ2v) is 3.90. The summed E-state index contributed by atoms with van der Waals surface area (Å²) >= 11 is 0.